The molecule has 2 nitrogen and oxygen atoms in total. The van der Waals surface area contributed by atoms with E-state index in [9.17, 15) is 0 Å². The van der Waals surface area contributed by atoms with Crippen LogP contribution in [0.2, 0.25) is 0 Å². The first-order valence-electron chi connectivity index (χ1n) is 6.65. The molecular formula is C14H21N2S2+. The van der Waals surface area contributed by atoms with Gasteiger partial charge in [0.2, 0.25) is 0 Å². The van der Waals surface area contributed by atoms with Gasteiger partial charge in [-0.05, 0) is 26.0 Å². The third-order valence-corrected chi connectivity index (χ3v) is 5.44. The molecule has 2 rings (SSSR count). The summed E-state index contributed by atoms with van der Waals surface area (Å²) in [6.45, 7) is 8.29. The summed E-state index contributed by atoms with van der Waals surface area (Å²) in [7, 11) is 0. The van der Waals surface area contributed by atoms with Crippen molar-refractivity contribution in [3.8, 4) is 0 Å². The molecule has 0 aliphatic heterocycles. The van der Waals surface area contributed by atoms with Gasteiger partial charge in [-0.3, -0.25) is 0 Å². The third kappa shape index (κ3) is 3.70. The Morgan fingerprint density at radius 1 is 1.22 bits per heavy atom. The first kappa shape index (κ1) is 13.8. The fourth-order valence-corrected chi connectivity index (χ4v) is 4.08. The Bertz CT molecular complexity index is 444. The first-order chi connectivity index (χ1) is 8.83. The van der Waals surface area contributed by atoms with Crippen molar-refractivity contribution in [1.29, 1.82) is 0 Å². The van der Waals surface area contributed by atoms with Gasteiger partial charge in [0.25, 0.3) is 0 Å². The highest BCUT2D eigenvalue weighted by Crippen LogP contribution is 2.29. The van der Waals surface area contributed by atoms with Crippen LogP contribution >= 0.6 is 23.1 Å². The van der Waals surface area contributed by atoms with Crippen molar-refractivity contribution in [2.75, 3.05) is 25.4 Å². The van der Waals surface area contributed by atoms with Crippen LogP contribution in [0, 0.1) is 0 Å². The summed E-state index contributed by atoms with van der Waals surface area (Å²) in [4.78, 5) is 6.34. The molecule has 0 fully saturated rings. The molecule has 0 saturated heterocycles. The smallest absolute Gasteiger partial charge is 0.151 e. The molecule has 0 unspecified atom stereocenters. The lowest BCUT2D eigenvalue weighted by atomic mass is 10.3. The van der Waals surface area contributed by atoms with Gasteiger partial charge in [0.1, 0.15) is 0 Å². The maximum absolute atomic E-state index is 4.64. The van der Waals surface area contributed by atoms with Crippen molar-refractivity contribution in [2.24, 2.45) is 0 Å². The average molecular weight is 281 g/mol. The highest BCUT2D eigenvalue weighted by atomic mass is 32.2. The van der Waals surface area contributed by atoms with Crippen LogP contribution in [0.15, 0.2) is 28.6 Å². The highest BCUT2D eigenvalue weighted by molar-refractivity contribution is 8.01. The molecule has 4 heteroatoms. The van der Waals surface area contributed by atoms with Crippen molar-refractivity contribution in [3.05, 3.63) is 24.3 Å². The summed E-state index contributed by atoms with van der Waals surface area (Å²) in [5.41, 5.74) is 1.14. The molecule has 0 saturated carbocycles. The number of para-hydroxylation sites is 1. The first-order valence-corrected chi connectivity index (χ1v) is 8.45. The standard InChI is InChI=1S/C14H20N2S2/c1-3-16(4-2)10-7-11-17-14-15-12-8-5-6-9-13(12)18-14/h5-6,8-9H,3-4,7,10-11H2,1-2H3/p+1. The van der Waals surface area contributed by atoms with Crippen LogP contribution in [0.25, 0.3) is 10.2 Å². The molecule has 0 aliphatic rings. The number of hydrogen-bond acceptors (Lipinski definition) is 3. The van der Waals surface area contributed by atoms with E-state index in [1.165, 1.54) is 40.8 Å². The number of thiazole rings is 1. The summed E-state index contributed by atoms with van der Waals surface area (Å²) < 4.78 is 2.51. The van der Waals surface area contributed by atoms with Gasteiger partial charge in [-0.1, -0.05) is 23.9 Å². The topological polar surface area (TPSA) is 17.3 Å². The maximum Gasteiger partial charge on any atom is 0.151 e. The summed E-state index contributed by atoms with van der Waals surface area (Å²) in [6.07, 6.45) is 1.28. The molecule has 98 valence electrons. The fraction of sp³-hybridized carbons (Fsp3) is 0.500. The molecule has 18 heavy (non-hydrogen) atoms. The van der Waals surface area contributed by atoms with Gasteiger partial charge in [-0.15, -0.1) is 11.3 Å². The lowest BCUT2D eigenvalue weighted by Crippen LogP contribution is -3.11. The van der Waals surface area contributed by atoms with Crippen molar-refractivity contribution in [1.82, 2.24) is 4.98 Å². The third-order valence-electron chi connectivity index (χ3n) is 3.17. The number of rotatable bonds is 7. The number of nitrogens with one attached hydrogen (secondary N) is 1. The van der Waals surface area contributed by atoms with Crippen LogP contribution in [0.5, 0.6) is 0 Å². The quantitative estimate of drug-likeness (QED) is 0.621. The predicted octanol–water partition coefficient (Wildman–Crippen LogP) is 2.70. The number of nitrogens with zero attached hydrogens (tertiary/aromatic N) is 1. The monoisotopic (exact) mass is 281 g/mol. The Hall–Kier alpha value is -0.580. The second kappa shape index (κ2) is 7.12. The summed E-state index contributed by atoms with van der Waals surface area (Å²) in [5, 5.41) is 0. The molecule has 0 atom stereocenters. The highest BCUT2D eigenvalue weighted by Gasteiger charge is 2.05. The SMILES string of the molecule is CC[NH+](CC)CCCSc1nc2ccccc2s1. The minimum atomic E-state index is 1.14. The fourth-order valence-electron chi connectivity index (χ4n) is 2.00. The molecule has 0 amide bonds. The number of quaternary nitrogens is 1. The van der Waals surface area contributed by atoms with E-state index in [-0.39, 0.29) is 0 Å². The Morgan fingerprint density at radius 3 is 2.72 bits per heavy atom. The van der Waals surface area contributed by atoms with Crippen LogP contribution in [0.3, 0.4) is 0 Å². The molecule has 0 spiro atoms. The van der Waals surface area contributed by atoms with Crippen LogP contribution in [0.1, 0.15) is 20.3 Å². The van der Waals surface area contributed by atoms with E-state index in [2.05, 4.69) is 43.1 Å². The lowest BCUT2D eigenvalue weighted by Gasteiger charge is -2.14. The van der Waals surface area contributed by atoms with Crippen molar-refractivity contribution >= 4 is 33.3 Å². The normalized spacial score (nSPS) is 11.5. The predicted molar refractivity (Wildman–Crippen MR) is 81.9 cm³/mol. The Labute approximate surface area is 117 Å². The maximum atomic E-state index is 4.64. The number of hydrogen-bond donors (Lipinski definition) is 1. The van der Waals surface area contributed by atoms with E-state index in [1.54, 1.807) is 4.90 Å². The molecule has 0 bridgehead atoms. The minimum Gasteiger partial charge on any atom is -0.335 e. The van der Waals surface area contributed by atoms with Crippen LogP contribution in [-0.2, 0) is 0 Å². The summed E-state index contributed by atoms with van der Waals surface area (Å²) in [6, 6.07) is 8.38. The van der Waals surface area contributed by atoms with Crippen LogP contribution in [-0.4, -0.2) is 30.4 Å². The zero-order valence-corrected chi connectivity index (χ0v) is 12.7. The zero-order chi connectivity index (χ0) is 12.8. The Kier molecular flexibility index (Phi) is 5.47. The van der Waals surface area contributed by atoms with E-state index in [1.807, 2.05) is 23.1 Å². The number of benzene rings is 1. The van der Waals surface area contributed by atoms with Gasteiger partial charge in [-0.25, -0.2) is 4.98 Å². The molecule has 1 N–H and O–H groups in total. The molecule has 1 aromatic carbocycles. The molecule has 0 radical (unpaired) electrons. The van der Waals surface area contributed by atoms with Gasteiger partial charge in [0, 0.05) is 12.2 Å². The van der Waals surface area contributed by atoms with E-state index in [0.29, 0.717) is 0 Å². The van der Waals surface area contributed by atoms with Gasteiger partial charge in [0.15, 0.2) is 4.34 Å². The minimum absolute atomic E-state index is 1.14. The zero-order valence-electron chi connectivity index (χ0n) is 11.1. The number of thioether (sulfide) groups is 1. The second-order valence-electron chi connectivity index (χ2n) is 4.36. The molecule has 2 aromatic rings. The Balaban J connectivity index is 1.80. The van der Waals surface area contributed by atoms with E-state index in [0.717, 1.165) is 5.52 Å². The molecular weight excluding hydrogens is 260 g/mol. The van der Waals surface area contributed by atoms with Gasteiger partial charge < -0.3 is 4.90 Å². The molecule has 1 heterocycles. The van der Waals surface area contributed by atoms with E-state index < -0.39 is 0 Å². The van der Waals surface area contributed by atoms with Gasteiger partial charge in [0.05, 0.1) is 29.9 Å². The summed E-state index contributed by atoms with van der Waals surface area (Å²) in [5.74, 6) is 1.18. The average Bonchev–Trinajstić information content (AvgIpc) is 2.81. The van der Waals surface area contributed by atoms with Crippen molar-refractivity contribution < 1.29 is 4.90 Å². The Morgan fingerprint density at radius 2 is 2.00 bits per heavy atom. The van der Waals surface area contributed by atoms with Crippen molar-refractivity contribution in [3.63, 3.8) is 0 Å². The number of aromatic nitrogens is 1. The van der Waals surface area contributed by atoms with Gasteiger partial charge >= 0.3 is 0 Å². The largest absolute Gasteiger partial charge is 0.335 e. The van der Waals surface area contributed by atoms with E-state index in [4.69, 9.17) is 0 Å². The lowest BCUT2D eigenvalue weighted by molar-refractivity contribution is -0.896. The molecule has 0 aliphatic carbocycles. The van der Waals surface area contributed by atoms with Crippen LogP contribution < -0.4 is 4.90 Å². The molecule has 1 aromatic heterocycles. The van der Waals surface area contributed by atoms with E-state index >= 15 is 0 Å². The van der Waals surface area contributed by atoms with Crippen LogP contribution in [0.4, 0.5) is 0 Å². The second-order valence-corrected chi connectivity index (χ2v) is 6.73. The van der Waals surface area contributed by atoms with Gasteiger partial charge in [-0.2, -0.15) is 0 Å². The summed E-state index contributed by atoms with van der Waals surface area (Å²) >= 11 is 3.72. The van der Waals surface area contributed by atoms with Crippen molar-refractivity contribution in [2.45, 2.75) is 24.6 Å². The number of fused-ring (bicyclic) bond motifs is 1.